The molecule has 4 aliphatic carbocycles. The molecular formula is C68H85N9O14S. The van der Waals surface area contributed by atoms with Gasteiger partial charge < -0.3 is 77.3 Å². The average molecular weight is 1280 g/mol. The molecule has 0 aromatic heterocycles. The Balaban J connectivity index is 0.847. The maximum absolute atomic E-state index is 15.0. The SMILES string of the molecule is CO[C@H]1CC[C@@]2(C)[C@@H](CC[C@H]3[C@@H]2CC[C@@]2(C)[C@H]3C[C@H](C(=O)N[C@@H](CCCN=C(N)N)C(=O)N[C@@H](CCCCNC(=S)Nc3ccc(-c4c5ccc(=O)cc-5oc5cc(O)ccc45)c(C(=O)O)c3)C(=O)N[C@@H](CC(=O)O)C(=O)NCc3ccccc3)O[C@]23CCCO3)C1. The third-order valence-electron chi connectivity index (χ3n) is 20.5. The largest absolute Gasteiger partial charge is 0.508 e. The van der Waals surface area contributed by atoms with E-state index in [-0.39, 0.29) is 107 Å². The van der Waals surface area contributed by atoms with Crippen molar-refractivity contribution in [2.75, 3.05) is 32.1 Å². The van der Waals surface area contributed by atoms with Gasteiger partial charge in [-0.05, 0) is 179 Å². The first-order valence-corrected chi connectivity index (χ1v) is 32.5. The molecule has 0 bridgehead atoms. The Labute approximate surface area is 539 Å². The number of nitrogens with two attached hydrogens (primary N) is 2. The number of guanidine groups is 1. The second-order valence-corrected chi connectivity index (χ2v) is 26.4. The highest BCUT2D eigenvalue weighted by atomic mass is 32.1. The maximum atomic E-state index is 15.0. The number of carboxylic acid groups (broad SMARTS) is 2. The number of aliphatic imine (C=N–C) groups is 1. The molecule has 1 spiro atoms. The number of carboxylic acids is 2. The molecule has 10 rings (SSSR count). The Kier molecular flexibility index (Phi) is 20.9. The van der Waals surface area contributed by atoms with E-state index in [1.807, 2.05) is 13.2 Å². The van der Waals surface area contributed by atoms with E-state index in [1.54, 1.807) is 48.5 Å². The number of hydrogen-bond acceptors (Lipinski definition) is 14. The van der Waals surface area contributed by atoms with Crippen molar-refractivity contribution in [2.45, 2.75) is 159 Å². The molecule has 24 heteroatoms. The highest BCUT2D eigenvalue weighted by Gasteiger charge is 2.67. The van der Waals surface area contributed by atoms with Crippen LogP contribution in [0, 0.1) is 34.5 Å². The molecular weight excluding hydrogens is 1200 g/mol. The summed E-state index contributed by atoms with van der Waals surface area (Å²) in [7, 11) is 1.81. The molecule has 2 saturated heterocycles. The predicted molar refractivity (Wildman–Crippen MR) is 348 cm³/mol. The van der Waals surface area contributed by atoms with Crippen LogP contribution >= 0.6 is 12.2 Å². The minimum absolute atomic E-state index is 0.0187. The number of phenols is 1. The molecule has 0 unspecified atom stereocenters. The quantitative estimate of drug-likeness (QED) is 0.00950. The summed E-state index contributed by atoms with van der Waals surface area (Å²) in [6.07, 6.45) is 8.49. The minimum atomic E-state index is -1.54. The van der Waals surface area contributed by atoms with Gasteiger partial charge in [0.25, 0.3) is 0 Å². The Hall–Kier alpha value is -8.19. The van der Waals surface area contributed by atoms with Gasteiger partial charge in [-0.2, -0.15) is 0 Å². The van der Waals surface area contributed by atoms with E-state index in [0.29, 0.717) is 71.4 Å². The van der Waals surface area contributed by atoms with Crippen molar-refractivity contribution in [3.8, 4) is 28.2 Å². The summed E-state index contributed by atoms with van der Waals surface area (Å²) in [5.74, 6) is -5.02. The van der Waals surface area contributed by atoms with Gasteiger partial charge in [0, 0.05) is 72.9 Å². The Morgan fingerprint density at radius 2 is 1.53 bits per heavy atom. The number of anilines is 1. The monoisotopic (exact) mass is 1280 g/mol. The number of fused-ring (bicyclic) bond motifs is 8. The van der Waals surface area contributed by atoms with Crippen LogP contribution in [0.25, 0.3) is 33.4 Å². The first kappa shape index (κ1) is 66.7. The van der Waals surface area contributed by atoms with E-state index >= 15 is 4.79 Å². The van der Waals surface area contributed by atoms with Crippen molar-refractivity contribution in [3.63, 3.8) is 0 Å². The fourth-order valence-corrected chi connectivity index (χ4v) is 16.0. The normalized spacial score (nSPS) is 25.8. The number of rotatable bonds is 24. The van der Waals surface area contributed by atoms with Crippen molar-refractivity contribution >= 4 is 75.5 Å². The van der Waals surface area contributed by atoms with Crippen LogP contribution in [0.15, 0.2) is 99.1 Å². The number of carbonyl (C=O) groups is 6. The van der Waals surface area contributed by atoms with E-state index in [1.165, 1.54) is 30.3 Å². The predicted octanol–water partition coefficient (Wildman–Crippen LogP) is 7.28. The number of ether oxygens (including phenoxy) is 3. The summed E-state index contributed by atoms with van der Waals surface area (Å²) < 4.78 is 25.5. The van der Waals surface area contributed by atoms with E-state index in [0.717, 1.165) is 56.9 Å². The standard InChI is InChI=1S/C68H85N9O14S/c1-66-26-23-43(88-3)31-39(66)15-19-45-49(66)24-27-67(2)50(45)35-56(91-68(67)25-10-30-89-68)62(85)76-52(14-9-29-71-64(69)70)60(83)75-51(61(84)77-53(36-57(80)81)59(82)73-37-38-11-5-4-6-12-38)13-7-8-28-72-65(92)74-40-16-20-44(48(32-40)63(86)87)58-46-21-17-41(78)33-54(46)90-55-34-42(79)18-22-47(55)58/h4-6,11-12,16-18,20-22,32-34,39,43,45,49-53,56,78H,7-10,13-15,19,23-31,35-37H2,1-3H3,(H,73,82)(H,75,83)(H,76,85)(H,77,84)(H,80,81)(H,86,87)(H4,69,70,71)(H2,72,74,92)/t39-,43-,45-,49-,50-,51-,52-,53-,56+,66-,67-,68+/m0/s1. The molecule has 23 nitrogen and oxygen atoms in total. The zero-order valence-corrected chi connectivity index (χ0v) is 53.1. The molecule has 3 aromatic rings. The van der Waals surface area contributed by atoms with Crippen LogP contribution in [0.3, 0.4) is 0 Å². The van der Waals surface area contributed by atoms with Gasteiger partial charge in [-0.3, -0.25) is 33.8 Å². The molecule has 3 saturated carbocycles. The van der Waals surface area contributed by atoms with Gasteiger partial charge in [0.05, 0.1) is 24.7 Å². The first-order valence-electron chi connectivity index (χ1n) is 32.0. The lowest BCUT2D eigenvalue weighted by atomic mass is 9.42. The Bertz CT molecular complexity index is 3610. The fraction of sp³-hybridized carbons (Fsp3) is 0.515. The number of thiocarbonyl (C=S) groups is 1. The number of nitrogens with zero attached hydrogens (tertiary/aromatic N) is 1. The van der Waals surface area contributed by atoms with Gasteiger partial charge >= 0.3 is 11.9 Å². The van der Waals surface area contributed by atoms with E-state index in [9.17, 15) is 44.1 Å². The molecule has 4 amide bonds. The minimum Gasteiger partial charge on any atom is -0.508 e. The summed E-state index contributed by atoms with van der Waals surface area (Å²) in [6.45, 7) is 5.67. The lowest BCUT2D eigenvalue weighted by molar-refractivity contribution is -0.348. The maximum Gasteiger partial charge on any atom is 0.336 e. The molecule has 92 heavy (non-hydrogen) atoms. The fourth-order valence-electron chi connectivity index (χ4n) is 15.8. The number of methoxy groups -OCH3 is 1. The van der Waals surface area contributed by atoms with Crippen LogP contribution in [-0.4, -0.2) is 125 Å². The molecule has 7 aliphatic rings. The third kappa shape index (κ3) is 14.7. The van der Waals surface area contributed by atoms with Gasteiger partial charge in [0.1, 0.15) is 41.3 Å². The summed E-state index contributed by atoms with van der Waals surface area (Å²) >= 11 is 5.65. The molecule has 5 fully saturated rings. The van der Waals surface area contributed by atoms with Gasteiger partial charge in [0.15, 0.2) is 22.3 Å². The second-order valence-electron chi connectivity index (χ2n) is 26.0. The number of hydrogen-bond donors (Lipinski definition) is 11. The number of carbonyl (C=O) groups excluding carboxylic acids is 4. The second kappa shape index (κ2) is 28.8. The average Bonchev–Trinajstić information content (AvgIpc) is 1.02. The molecule has 3 aromatic carbocycles. The summed E-state index contributed by atoms with van der Waals surface area (Å²) in [5, 5.41) is 48.7. The van der Waals surface area contributed by atoms with Gasteiger partial charge in [0.2, 0.25) is 23.6 Å². The van der Waals surface area contributed by atoms with Crippen molar-refractivity contribution in [2.24, 2.45) is 51.0 Å². The lowest BCUT2D eigenvalue weighted by Gasteiger charge is -2.66. The molecule has 492 valence electrons. The number of amides is 4. The van der Waals surface area contributed by atoms with Crippen molar-refractivity contribution in [3.05, 3.63) is 106 Å². The van der Waals surface area contributed by atoms with Crippen LogP contribution in [0.2, 0.25) is 0 Å². The summed E-state index contributed by atoms with van der Waals surface area (Å²) in [5.41, 5.74) is 13.3. The highest BCUT2D eigenvalue weighted by Crippen LogP contribution is 2.68. The number of phenolic OH excluding ortho intramolecular Hbond substituents is 1. The highest BCUT2D eigenvalue weighted by molar-refractivity contribution is 7.80. The summed E-state index contributed by atoms with van der Waals surface area (Å²) in [6, 6.07) is 18.1. The van der Waals surface area contributed by atoms with Crippen LogP contribution in [0.1, 0.15) is 133 Å². The van der Waals surface area contributed by atoms with Crippen LogP contribution in [0.5, 0.6) is 5.75 Å². The van der Waals surface area contributed by atoms with Crippen LogP contribution in [0.4, 0.5) is 5.69 Å². The third-order valence-corrected chi connectivity index (χ3v) is 20.7. The number of nitrogens with one attached hydrogen (secondary N) is 6. The number of benzene rings is 4. The topological polar surface area (TPSA) is 358 Å². The van der Waals surface area contributed by atoms with Crippen molar-refractivity contribution in [1.82, 2.24) is 26.6 Å². The van der Waals surface area contributed by atoms with E-state index < -0.39 is 72.0 Å². The van der Waals surface area contributed by atoms with E-state index in [2.05, 4.69) is 50.7 Å². The lowest BCUT2D eigenvalue weighted by Crippen LogP contribution is -2.66. The molecule has 3 heterocycles. The van der Waals surface area contributed by atoms with Crippen molar-refractivity contribution < 1.29 is 62.7 Å². The van der Waals surface area contributed by atoms with Gasteiger partial charge in [-0.25, -0.2) is 4.79 Å². The van der Waals surface area contributed by atoms with Gasteiger partial charge in [-0.15, -0.1) is 0 Å². The first-order chi connectivity index (χ1) is 44.1. The van der Waals surface area contributed by atoms with Crippen molar-refractivity contribution in [1.29, 1.82) is 0 Å². The molecule has 13 N–H and O–H groups in total. The number of aliphatic carboxylic acids is 1. The Morgan fingerprint density at radius 1 is 0.783 bits per heavy atom. The number of aromatic hydroxyl groups is 1. The number of aromatic carboxylic acids is 1. The molecule has 12 atom stereocenters. The van der Waals surface area contributed by atoms with Crippen LogP contribution < -0.4 is 48.8 Å². The zero-order valence-electron chi connectivity index (χ0n) is 52.3. The Morgan fingerprint density at radius 3 is 2.26 bits per heavy atom. The summed E-state index contributed by atoms with van der Waals surface area (Å²) in [4.78, 5) is 99.8. The van der Waals surface area contributed by atoms with E-state index in [4.69, 9.17) is 42.3 Å². The smallest absolute Gasteiger partial charge is 0.336 e. The number of unbranched alkanes of at least 4 members (excludes halogenated alkanes) is 1. The molecule has 3 aliphatic heterocycles. The molecule has 0 radical (unpaired) electrons. The van der Waals surface area contributed by atoms with Gasteiger partial charge in [-0.1, -0.05) is 50.2 Å². The zero-order chi connectivity index (χ0) is 65.5. The van der Waals surface area contributed by atoms with Crippen LogP contribution in [-0.2, 0) is 44.7 Å².